The molecule has 3 N–H and O–H groups in total. The highest BCUT2D eigenvalue weighted by Gasteiger charge is 2.31. The van der Waals surface area contributed by atoms with E-state index in [4.69, 9.17) is 15.0 Å². The summed E-state index contributed by atoms with van der Waals surface area (Å²) >= 11 is 0. The van der Waals surface area contributed by atoms with Gasteiger partial charge in [0, 0.05) is 12.7 Å². The second-order valence-electron chi connectivity index (χ2n) is 7.84. The van der Waals surface area contributed by atoms with Crippen molar-refractivity contribution in [3.05, 3.63) is 98.4 Å². The zero-order valence-corrected chi connectivity index (χ0v) is 19.4. The number of nitrogens with zero attached hydrogens (tertiary/aromatic N) is 3. The van der Waals surface area contributed by atoms with Crippen LogP contribution in [-0.2, 0) is 17.8 Å². The molecule has 0 fully saturated rings. The molecule has 0 saturated heterocycles. The van der Waals surface area contributed by atoms with Crippen LogP contribution in [0.5, 0.6) is 0 Å². The van der Waals surface area contributed by atoms with E-state index < -0.39 is 17.2 Å². The number of ether oxygens (including phenoxy) is 1. The molecule has 4 rings (SSSR count). The van der Waals surface area contributed by atoms with Crippen LogP contribution in [-0.4, -0.2) is 34.3 Å². The van der Waals surface area contributed by atoms with Crippen molar-refractivity contribution in [1.29, 1.82) is 0 Å². The normalized spacial score (nSPS) is 10.9. The van der Waals surface area contributed by atoms with E-state index in [0.717, 1.165) is 5.56 Å². The third-order valence-electron chi connectivity index (χ3n) is 5.56. The minimum atomic E-state index is -0.777. The lowest BCUT2D eigenvalue weighted by Gasteiger charge is -2.25. The molecule has 0 spiro atoms. The average molecular weight is 476 g/mol. The molecule has 0 aliphatic heterocycles. The minimum absolute atomic E-state index is 0.0221. The number of H-pyrrole nitrogens is 1. The van der Waals surface area contributed by atoms with Gasteiger partial charge in [-0.15, -0.1) is 0 Å². The summed E-state index contributed by atoms with van der Waals surface area (Å²) in [7, 11) is 1.48. The molecule has 35 heavy (non-hydrogen) atoms. The summed E-state index contributed by atoms with van der Waals surface area (Å²) in [6.07, 6.45) is 0. The lowest BCUT2D eigenvalue weighted by molar-refractivity contribution is 0.0983. The van der Waals surface area contributed by atoms with Gasteiger partial charge in [-0.2, -0.15) is 0 Å². The van der Waals surface area contributed by atoms with Crippen LogP contribution >= 0.6 is 0 Å². The van der Waals surface area contributed by atoms with Gasteiger partial charge in [0.15, 0.2) is 5.69 Å². The third-order valence-corrected chi connectivity index (χ3v) is 5.56. The summed E-state index contributed by atoms with van der Waals surface area (Å²) < 4.78 is 11.6. The molecule has 10 nitrogen and oxygen atoms in total. The number of methoxy groups -OCH3 is 1. The Kier molecular flexibility index (Phi) is 6.93. The predicted octanol–water partition coefficient (Wildman–Crippen LogP) is 2.58. The number of benzene rings is 2. The Morgan fingerprint density at radius 1 is 1.11 bits per heavy atom. The van der Waals surface area contributed by atoms with Crippen LogP contribution in [0.15, 0.2) is 74.8 Å². The Bertz CT molecular complexity index is 1440. The molecule has 180 valence electrons. The van der Waals surface area contributed by atoms with Gasteiger partial charge in [-0.1, -0.05) is 65.8 Å². The van der Waals surface area contributed by atoms with E-state index in [1.807, 2.05) is 60.7 Å². The smallest absolute Gasteiger partial charge is 0.330 e. The fourth-order valence-corrected chi connectivity index (χ4v) is 3.81. The molecule has 2 aromatic heterocycles. The molecule has 0 unspecified atom stereocenters. The summed E-state index contributed by atoms with van der Waals surface area (Å²) in [6.45, 7) is 1.93. The first-order valence-electron chi connectivity index (χ1n) is 10.9. The lowest BCUT2D eigenvalue weighted by Crippen LogP contribution is -2.41. The topological polar surface area (TPSA) is 136 Å². The molecular formula is C25H25N5O5. The van der Waals surface area contributed by atoms with Gasteiger partial charge in [-0.05, 0) is 12.5 Å². The number of carbonyl (C=O) groups is 1. The zero-order chi connectivity index (χ0) is 24.9. The Morgan fingerprint density at radius 3 is 2.43 bits per heavy atom. The summed E-state index contributed by atoms with van der Waals surface area (Å²) in [5.41, 5.74) is 6.67. The monoisotopic (exact) mass is 475 g/mol. The van der Waals surface area contributed by atoms with Crippen molar-refractivity contribution in [2.75, 3.05) is 24.4 Å². The van der Waals surface area contributed by atoms with Crippen molar-refractivity contribution in [1.82, 2.24) is 14.7 Å². The lowest BCUT2D eigenvalue weighted by atomic mass is 10.0. The van der Waals surface area contributed by atoms with E-state index in [-0.39, 0.29) is 42.5 Å². The fourth-order valence-electron chi connectivity index (χ4n) is 3.81. The number of carbonyl (C=O) groups excluding carboxylic acids is 1. The number of hydrogen-bond donors (Lipinski definition) is 2. The van der Waals surface area contributed by atoms with Crippen molar-refractivity contribution in [3.8, 4) is 11.3 Å². The van der Waals surface area contributed by atoms with Gasteiger partial charge < -0.3 is 15.0 Å². The number of amides is 1. The summed E-state index contributed by atoms with van der Waals surface area (Å²) in [5, 5.41) is 4.10. The highest BCUT2D eigenvalue weighted by atomic mass is 16.5. The van der Waals surface area contributed by atoms with Crippen LogP contribution in [0, 0.1) is 6.92 Å². The van der Waals surface area contributed by atoms with E-state index in [1.165, 1.54) is 16.6 Å². The molecule has 0 aliphatic carbocycles. The highest BCUT2D eigenvalue weighted by molar-refractivity contribution is 6.11. The third kappa shape index (κ3) is 4.78. The summed E-state index contributed by atoms with van der Waals surface area (Å²) in [4.78, 5) is 43.0. The number of rotatable bonds is 8. The van der Waals surface area contributed by atoms with E-state index in [2.05, 4.69) is 10.1 Å². The Morgan fingerprint density at radius 2 is 1.77 bits per heavy atom. The van der Waals surface area contributed by atoms with Crippen molar-refractivity contribution in [3.63, 3.8) is 0 Å². The van der Waals surface area contributed by atoms with Crippen LogP contribution in [0.4, 0.5) is 11.5 Å². The number of nitrogens with two attached hydrogens (primary N) is 1. The maximum atomic E-state index is 14.0. The Labute approximate surface area is 200 Å². The maximum absolute atomic E-state index is 14.0. The average Bonchev–Trinajstić information content (AvgIpc) is 3.25. The summed E-state index contributed by atoms with van der Waals surface area (Å²) in [5.74, 6) is -0.398. The Hall–Kier alpha value is -4.44. The molecule has 2 aromatic carbocycles. The van der Waals surface area contributed by atoms with Crippen LogP contribution in [0.3, 0.4) is 0 Å². The number of hydrogen-bond acceptors (Lipinski definition) is 7. The molecular weight excluding hydrogens is 450 g/mol. The second-order valence-corrected chi connectivity index (χ2v) is 7.84. The largest absolute Gasteiger partial charge is 0.383 e. The molecule has 0 bridgehead atoms. The van der Waals surface area contributed by atoms with Gasteiger partial charge in [-0.3, -0.25) is 24.0 Å². The van der Waals surface area contributed by atoms with Crippen molar-refractivity contribution in [2.45, 2.75) is 20.0 Å². The van der Waals surface area contributed by atoms with Crippen LogP contribution in [0.2, 0.25) is 0 Å². The van der Waals surface area contributed by atoms with E-state index in [0.29, 0.717) is 11.3 Å². The van der Waals surface area contributed by atoms with E-state index in [1.54, 1.807) is 6.92 Å². The van der Waals surface area contributed by atoms with Gasteiger partial charge in [0.2, 0.25) is 0 Å². The molecule has 10 heteroatoms. The zero-order valence-electron chi connectivity index (χ0n) is 19.4. The van der Waals surface area contributed by atoms with Crippen molar-refractivity contribution in [2.24, 2.45) is 0 Å². The second kappa shape index (κ2) is 10.2. The molecule has 0 aliphatic rings. The predicted molar refractivity (Wildman–Crippen MR) is 131 cm³/mol. The standard InChI is InChI=1S/C25H25N5O5/c1-16-19(20(28-35-16)18-11-7-4-8-12-18)24(32)30(15-17-9-5-3-6-10-17)21-22(26)29(13-14-34-2)25(33)27-23(21)31/h3-12H,13-15,26H2,1-2H3,(H,27,31,33). The number of anilines is 2. The first-order chi connectivity index (χ1) is 16.9. The molecule has 0 radical (unpaired) electrons. The maximum Gasteiger partial charge on any atom is 0.330 e. The number of nitrogens with one attached hydrogen (secondary N) is 1. The van der Waals surface area contributed by atoms with Crippen LogP contribution in [0.1, 0.15) is 21.7 Å². The number of aromatic amines is 1. The van der Waals surface area contributed by atoms with Gasteiger partial charge in [0.25, 0.3) is 11.5 Å². The number of aryl methyl sites for hydroxylation is 1. The minimum Gasteiger partial charge on any atom is -0.383 e. The molecule has 4 aromatic rings. The van der Waals surface area contributed by atoms with Crippen LogP contribution in [0.25, 0.3) is 11.3 Å². The van der Waals surface area contributed by atoms with Gasteiger partial charge >= 0.3 is 5.69 Å². The Balaban J connectivity index is 1.90. The van der Waals surface area contributed by atoms with Crippen LogP contribution < -0.4 is 21.9 Å². The van der Waals surface area contributed by atoms with Gasteiger partial charge in [-0.25, -0.2) is 4.79 Å². The SMILES string of the molecule is COCCn1c(N)c(N(Cc2ccccc2)C(=O)c2c(-c3ccccc3)noc2C)c(=O)[nH]c1=O. The van der Waals surface area contributed by atoms with Crippen molar-refractivity contribution >= 4 is 17.4 Å². The van der Waals surface area contributed by atoms with E-state index >= 15 is 0 Å². The molecule has 2 heterocycles. The number of nitrogen functional groups attached to an aromatic ring is 1. The van der Waals surface area contributed by atoms with Gasteiger partial charge in [0.05, 0.1) is 19.7 Å². The fraction of sp³-hybridized carbons (Fsp3) is 0.200. The first kappa shape index (κ1) is 23.7. The summed E-state index contributed by atoms with van der Waals surface area (Å²) in [6, 6.07) is 18.3. The van der Waals surface area contributed by atoms with Gasteiger partial charge in [0.1, 0.15) is 22.8 Å². The molecule has 0 atom stereocenters. The highest BCUT2D eigenvalue weighted by Crippen LogP contribution is 2.29. The van der Waals surface area contributed by atoms with E-state index in [9.17, 15) is 14.4 Å². The number of aromatic nitrogens is 3. The molecule has 1 amide bonds. The molecule has 0 saturated carbocycles. The quantitative estimate of drug-likeness (QED) is 0.400. The van der Waals surface area contributed by atoms with Crippen molar-refractivity contribution < 1.29 is 14.1 Å². The first-order valence-corrected chi connectivity index (χ1v) is 10.9.